The van der Waals surface area contributed by atoms with Gasteiger partial charge in [0.15, 0.2) is 0 Å². The van der Waals surface area contributed by atoms with Crippen LogP contribution in [-0.4, -0.2) is 30.6 Å². The summed E-state index contributed by atoms with van der Waals surface area (Å²) in [5, 5.41) is 11.8. The molecule has 0 aliphatic heterocycles. The minimum absolute atomic E-state index is 0.0678. The van der Waals surface area contributed by atoms with Crippen molar-refractivity contribution in [2.24, 2.45) is 0 Å². The van der Waals surface area contributed by atoms with Crippen LogP contribution in [0.2, 0.25) is 0 Å². The van der Waals surface area contributed by atoms with Crippen LogP contribution in [0.3, 0.4) is 0 Å². The Bertz CT molecular complexity index is 681. The fraction of sp³-hybridized carbons (Fsp3) is 0.176. The van der Waals surface area contributed by atoms with E-state index < -0.39 is 5.97 Å². The molecule has 2 N–H and O–H groups in total. The lowest BCUT2D eigenvalue weighted by atomic mass is 10.1. The summed E-state index contributed by atoms with van der Waals surface area (Å²) >= 11 is 0. The topological polar surface area (TPSA) is 69.6 Å². The number of rotatable bonds is 5. The van der Waals surface area contributed by atoms with Gasteiger partial charge in [-0.25, -0.2) is 4.79 Å². The maximum atomic E-state index is 12.2. The molecule has 0 aliphatic carbocycles. The molecule has 1 amide bonds. The minimum Gasteiger partial charge on any atom is -0.478 e. The SMILES string of the molecule is CCN(C)c1ccc(C(=O)Nc2ccccc2C(=O)O)cc1. The third-order valence-electron chi connectivity index (χ3n) is 3.45. The molecule has 2 rings (SSSR count). The molecule has 0 heterocycles. The molecule has 0 aliphatic rings. The molecule has 2 aromatic carbocycles. The number of carboxylic acid groups (broad SMARTS) is 1. The lowest BCUT2D eigenvalue weighted by molar-refractivity contribution is 0.0698. The van der Waals surface area contributed by atoms with Crippen LogP contribution in [-0.2, 0) is 0 Å². The van der Waals surface area contributed by atoms with Gasteiger partial charge in [-0.15, -0.1) is 0 Å². The number of amides is 1. The van der Waals surface area contributed by atoms with Gasteiger partial charge in [0.2, 0.25) is 0 Å². The monoisotopic (exact) mass is 298 g/mol. The number of hydrogen-bond acceptors (Lipinski definition) is 3. The number of nitrogens with one attached hydrogen (secondary N) is 1. The first kappa shape index (κ1) is 15.6. The van der Waals surface area contributed by atoms with E-state index in [0.29, 0.717) is 5.56 Å². The molecule has 0 fully saturated rings. The first-order valence-electron chi connectivity index (χ1n) is 6.97. The van der Waals surface area contributed by atoms with Crippen molar-refractivity contribution in [2.45, 2.75) is 6.92 Å². The number of benzene rings is 2. The van der Waals surface area contributed by atoms with Gasteiger partial charge >= 0.3 is 5.97 Å². The van der Waals surface area contributed by atoms with Crippen molar-refractivity contribution in [3.05, 3.63) is 59.7 Å². The van der Waals surface area contributed by atoms with Gasteiger partial charge in [0, 0.05) is 24.8 Å². The van der Waals surface area contributed by atoms with Crippen molar-refractivity contribution < 1.29 is 14.7 Å². The Balaban J connectivity index is 2.18. The van der Waals surface area contributed by atoms with Crippen LogP contribution in [0.15, 0.2) is 48.5 Å². The molecule has 0 saturated carbocycles. The van der Waals surface area contributed by atoms with E-state index in [0.717, 1.165) is 12.2 Å². The predicted molar refractivity (Wildman–Crippen MR) is 86.7 cm³/mol. The van der Waals surface area contributed by atoms with E-state index in [2.05, 4.69) is 10.2 Å². The average molecular weight is 298 g/mol. The lowest BCUT2D eigenvalue weighted by Crippen LogP contribution is -2.17. The van der Waals surface area contributed by atoms with Crippen molar-refractivity contribution in [2.75, 3.05) is 23.8 Å². The zero-order valence-corrected chi connectivity index (χ0v) is 12.5. The lowest BCUT2D eigenvalue weighted by Gasteiger charge is -2.16. The molecule has 0 saturated heterocycles. The van der Waals surface area contributed by atoms with Gasteiger partial charge in [-0.2, -0.15) is 0 Å². The fourth-order valence-corrected chi connectivity index (χ4v) is 2.02. The number of nitrogens with zero attached hydrogens (tertiary/aromatic N) is 1. The Labute approximate surface area is 129 Å². The van der Waals surface area contributed by atoms with Crippen LogP contribution in [0.4, 0.5) is 11.4 Å². The van der Waals surface area contributed by atoms with Crippen LogP contribution in [0.25, 0.3) is 0 Å². The van der Waals surface area contributed by atoms with Gasteiger partial charge in [-0.05, 0) is 43.3 Å². The highest BCUT2D eigenvalue weighted by Crippen LogP contribution is 2.18. The summed E-state index contributed by atoms with van der Waals surface area (Å²) in [5.41, 5.74) is 1.85. The molecule has 0 atom stereocenters. The number of hydrogen-bond donors (Lipinski definition) is 2. The molecule has 0 bridgehead atoms. The van der Waals surface area contributed by atoms with Crippen molar-refractivity contribution in [1.29, 1.82) is 0 Å². The zero-order valence-electron chi connectivity index (χ0n) is 12.5. The molecule has 0 unspecified atom stereocenters. The van der Waals surface area contributed by atoms with E-state index in [4.69, 9.17) is 5.11 Å². The number of aromatic carboxylic acids is 1. The summed E-state index contributed by atoms with van der Waals surface area (Å²) in [6.45, 7) is 2.92. The number of carbonyl (C=O) groups excluding carboxylic acids is 1. The molecule has 22 heavy (non-hydrogen) atoms. The fourth-order valence-electron chi connectivity index (χ4n) is 2.02. The summed E-state index contributed by atoms with van der Waals surface area (Å²) in [4.78, 5) is 25.4. The molecule has 5 heteroatoms. The van der Waals surface area contributed by atoms with Crippen LogP contribution in [0.1, 0.15) is 27.6 Å². The third-order valence-corrected chi connectivity index (χ3v) is 3.45. The number of carbonyl (C=O) groups is 2. The van der Waals surface area contributed by atoms with Gasteiger partial charge in [0.1, 0.15) is 0 Å². The Hall–Kier alpha value is -2.82. The second-order valence-electron chi connectivity index (χ2n) is 4.87. The minimum atomic E-state index is -1.07. The molecular weight excluding hydrogens is 280 g/mol. The molecule has 2 aromatic rings. The van der Waals surface area contributed by atoms with Crippen molar-refractivity contribution in [3.63, 3.8) is 0 Å². The summed E-state index contributed by atoms with van der Waals surface area (Å²) in [6, 6.07) is 13.5. The highest BCUT2D eigenvalue weighted by atomic mass is 16.4. The van der Waals surface area contributed by atoms with E-state index in [1.807, 2.05) is 26.1 Å². The number of para-hydroxylation sites is 1. The molecule has 114 valence electrons. The summed E-state index contributed by atoms with van der Waals surface area (Å²) < 4.78 is 0. The zero-order chi connectivity index (χ0) is 16.1. The Morgan fingerprint density at radius 3 is 2.32 bits per heavy atom. The maximum Gasteiger partial charge on any atom is 0.337 e. The van der Waals surface area contributed by atoms with E-state index in [-0.39, 0.29) is 17.2 Å². The van der Waals surface area contributed by atoms with Crippen molar-refractivity contribution in [1.82, 2.24) is 0 Å². The maximum absolute atomic E-state index is 12.2. The summed E-state index contributed by atoms with van der Waals surface area (Å²) in [6.07, 6.45) is 0. The van der Waals surface area contributed by atoms with Crippen molar-refractivity contribution >= 4 is 23.3 Å². The smallest absolute Gasteiger partial charge is 0.337 e. The Kier molecular flexibility index (Phi) is 4.78. The average Bonchev–Trinajstić information content (AvgIpc) is 2.54. The van der Waals surface area contributed by atoms with Gasteiger partial charge < -0.3 is 15.3 Å². The standard InChI is InChI=1S/C17H18N2O3/c1-3-19(2)13-10-8-12(9-11-13)16(20)18-15-7-5-4-6-14(15)17(21)22/h4-11H,3H2,1-2H3,(H,18,20)(H,21,22). The van der Waals surface area contributed by atoms with E-state index >= 15 is 0 Å². The number of carboxylic acids is 1. The van der Waals surface area contributed by atoms with Crippen LogP contribution in [0.5, 0.6) is 0 Å². The predicted octanol–water partition coefficient (Wildman–Crippen LogP) is 3.09. The molecule has 0 spiro atoms. The van der Waals surface area contributed by atoms with Gasteiger partial charge in [-0.3, -0.25) is 4.79 Å². The molecule has 5 nitrogen and oxygen atoms in total. The first-order valence-corrected chi connectivity index (χ1v) is 6.97. The highest BCUT2D eigenvalue weighted by molar-refractivity contribution is 6.07. The largest absolute Gasteiger partial charge is 0.478 e. The second kappa shape index (κ2) is 6.76. The summed E-state index contributed by atoms with van der Waals surface area (Å²) in [7, 11) is 1.97. The van der Waals surface area contributed by atoms with Crippen LogP contribution >= 0.6 is 0 Å². The van der Waals surface area contributed by atoms with Crippen molar-refractivity contribution in [3.8, 4) is 0 Å². The highest BCUT2D eigenvalue weighted by Gasteiger charge is 2.13. The van der Waals surface area contributed by atoms with Gasteiger partial charge in [0.05, 0.1) is 11.3 Å². The van der Waals surface area contributed by atoms with Gasteiger partial charge in [-0.1, -0.05) is 12.1 Å². The summed E-state index contributed by atoms with van der Waals surface area (Å²) in [5.74, 6) is -1.41. The third kappa shape index (κ3) is 3.44. The normalized spacial score (nSPS) is 10.1. The van der Waals surface area contributed by atoms with E-state index in [1.54, 1.807) is 30.3 Å². The number of anilines is 2. The van der Waals surface area contributed by atoms with E-state index in [9.17, 15) is 9.59 Å². The Morgan fingerprint density at radius 2 is 1.73 bits per heavy atom. The second-order valence-corrected chi connectivity index (χ2v) is 4.87. The Morgan fingerprint density at radius 1 is 1.09 bits per heavy atom. The molecule has 0 radical (unpaired) electrons. The van der Waals surface area contributed by atoms with Gasteiger partial charge in [0.25, 0.3) is 5.91 Å². The molecule has 0 aromatic heterocycles. The first-order chi connectivity index (χ1) is 10.5. The quantitative estimate of drug-likeness (QED) is 0.890. The van der Waals surface area contributed by atoms with Crippen LogP contribution in [0, 0.1) is 0 Å². The molecular formula is C17H18N2O3. The van der Waals surface area contributed by atoms with E-state index in [1.165, 1.54) is 6.07 Å². The van der Waals surface area contributed by atoms with Crippen LogP contribution < -0.4 is 10.2 Å².